The van der Waals surface area contributed by atoms with E-state index in [-0.39, 0.29) is 11.7 Å². The molecule has 0 spiro atoms. The number of nitrogens with zero attached hydrogens (tertiary/aromatic N) is 3. The van der Waals surface area contributed by atoms with Crippen molar-refractivity contribution >= 4 is 29.0 Å². The third kappa shape index (κ3) is 3.17. The molecule has 1 amide bonds. The molecule has 1 N–H and O–H groups in total. The maximum atomic E-state index is 11.7. The summed E-state index contributed by atoms with van der Waals surface area (Å²) in [4.78, 5) is 11.7. The maximum absolute atomic E-state index is 11.7. The molecule has 1 aromatic heterocycles. The highest BCUT2D eigenvalue weighted by atomic mass is 32.2. The summed E-state index contributed by atoms with van der Waals surface area (Å²) >= 11 is 2.74. The minimum absolute atomic E-state index is 0.124. The van der Waals surface area contributed by atoms with Crippen LogP contribution in [0.5, 0.6) is 0 Å². The van der Waals surface area contributed by atoms with Gasteiger partial charge in [0.1, 0.15) is 11.0 Å². The van der Waals surface area contributed by atoms with Crippen molar-refractivity contribution in [2.45, 2.75) is 29.6 Å². The molecule has 0 radical (unpaired) electrons. The molecule has 0 unspecified atom stereocenters. The minimum Gasteiger partial charge on any atom is -0.337 e. The van der Waals surface area contributed by atoms with E-state index in [0.717, 1.165) is 17.2 Å². The molecule has 0 aromatic carbocycles. The van der Waals surface area contributed by atoms with Crippen LogP contribution in [0.15, 0.2) is 9.85 Å². The van der Waals surface area contributed by atoms with E-state index in [1.54, 1.807) is 12.4 Å². The van der Waals surface area contributed by atoms with E-state index in [1.165, 1.54) is 23.1 Å². The van der Waals surface area contributed by atoms with Crippen LogP contribution in [-0.2, 0) is 4.79 Å². The molecule has 5 nitrogen and oxygen atoms in total. The summed E-state index contributed by atoms with van der Waals surface area (Å²) in [6, 6.07) is 2.20. The van der Waals surface area contributed by atoms with Crippen LogP contribution < -0.4 is 5.32 Å². The third-order valence-electron chi connectivity index (χ3n) is 2.69. The fourth-order valence-corrected chi connectivity index (χ4v) is 2.85. The number of hydrogen-bond acceptors (Lipinski definition) is 6. The zero-order chi connectivity index (χ0) is 12.3. The lowest BCUT2D eigenvalue weighted by molar-refractivity contribution is -0.119. The SMILES string of the molecule is C[C@](C#N)(NC(=O)CSc1nncs1)C1CC1. The standard InChI is InChI=1S/C10H12N4OS2/c1-10(5-11,7-2-3-7)13-8(15)4-16-9-14-12-6-17-9/h6-7H,2-4H2,1H3,(H,13,15)/t10-/m1/s1. The second kappa shape index (κ2) is 5.02. The largest absolute Gasteiger partial charge is 0.337 e. The van der Waals surface area contributed by atoms with Gasteiger partial charge in [0.05, 0.1) is 11.8 Å². The first kappa shape index (κ1) is 12.3. The summed E-state index contributed by atoms with van der Waals surface area (Å²) < 4.78 is 0.769. The first-order valence-electron chi connectivity index (χ1n) is 5.25. The van der Waals surface area contributed by atoms with Gasteiger partial charge in [0.15, 0.2) is 4.34 Å². The van der Waals surface area contributed by atoms with Crippen LogP contribution in [-0.4, -0.2) is 27.4 Å². The van der Waals surface area contributed by atoms with Crippen molar-refractivity contribution in [3.63, 3.8) is 0 Å². The van der Waals surface area contributed by atoms with Gasteiger partial charge < -0.3 is 5.32 Å². The Kier molecular flexibility index (Phi) is 3.64. The van der Waals surface area contributed by atoms with Crippen LogP contribution in [0, 0.1) is 17.2 Å². The molecule has 0 aliphatic heterocycles. The molecule has 17 heavy (non-hydrogen) atoms. The summed E-state index contributed by atoms with van der Waals surface area (Å²) in [5.41, 5.74) is 0.919. The molecule has 1 heterocycles. The van der Waals surface area contributed by atoms with E-state index in [1.807, 2.05) is 0 Å². The van der Waals surface area contributed by atoms with Gasteiger partial charge in [-0.2, -0.15) is 5.26 Å². The Labute approximate surface area is 108 Å². The van der Waals surface area contributed by atoms with E-state index in [2.05, 4.69) is 21.6 Å². The average Bonchev–Trinajstić information content (AvgIpc) is 3.05. The molecular formula is C10H12N4OS2. The Morgan fingerprint density at radius 2 is 2.59 bits per heavy atom. The highest BCUT2D eigenvalue weighted by molar-refractivity contribution is 8.01. The smallest absolute Gasteiger partial charge is 0.231 e. The molecule has 2 rings (SSSR count). The number of thioether (sulfide) groups is 1. The van der Waals surface area contributed by atoms with Crippen molar-refractivity contribution in [1.29, 1.82) is 5.26 Å². The molecule has 0 bridgehead atoms. The summed E-state index contributed by atoms with van der Waals surface area (Å²) in [6.07, 6.45) is 2.04. The Bertz CT molecular complexity index is 438. The van der Waals surface area contributed by atoms with Gasteiger partial charge in [-0.3, -0.25) is 4.79 Å². The van der Waals surface area contributed by atoms with E-state index in [0.29, 0.717) is 5.92 Å². The Hall–Kier alpha value is -1.13. The number of rotatable bonds is 5. The second-order valence-electron chi connectivity index (χ2n) is 4.13. The lowest BCUT2D eigenvalue weighted by Gasteiger charge is -2.22. The fraction of sp³-hybridized carbons (Fsp3) is 0.600. The Morgan fingerprint density at radius 1 is 1.82 bits per heavy atom. The van der Waals surface area contributed by atoms with E-state index in [9.17, 15) is 4.79 Å². The van der Waals surface area contributed by atoms with Gasteiger partial charge in [0, 0.05) is 0 Å². The molecule has 1 aliphatic carbocycles. The molecule has 1 atom stereocenters. The van der Waals surface area contributed by atoms with Crippen molar-refractivity contribution < 1.29 is 4.79 Å². The van der Waals surface area contributed by atoms with Crippen LogP contribution in [0.3, 0.4) is 0 Å². The van der Waals surface area contributed by atoms with Gasteiger partial charge in [-0.1, -0.05) is 23.1 Å². The van der Waals surface area contributed by atoms with Crippen LogP contribution in [0.1, 0.15) is 19.8 Å². The van der Waals surface area contributed by atoms with E-state index >= 15 is 0 Å². The molecule has 0 saturated heterocycles. The summed E-state index contributed by atoms with van der Waals surface area (Å²) in [5.74, 6) is 0.461. The Balaban J connectivity index is 1.82. The van der Waals surface area contributed by atoms with Crippen molar-refractivity contribution in [2.24, 2.45) is 5.92 Å². The maximum Gasteiger partial charge on any atom is 0.231 e. The lowest BCUT2D eigenvalue weighted by atomic mass is 9.98. The monoisotopic (exact) mass is 268 g/mol. The van der Waals surface area contributed by atoms with Gasteiger partial charge in [0.25, 0.3) is 0 Å². The van der Waals surface area contributed by atoms with Crippen molar-refractivity contribution in [1.82, 2.24) is 15.5 Å². The fourth-order valence-electron chi connectivity index (χ4n) is 1.56. The molecule has 1 saturated carbocycles. The van der Waals surface area contributed by atoms with Gasteiger partial charge in [0.2, 0.25) is 5.91 Å². The van der Waals surface area contributed by atoms with Gasteiger partial charge >= 0.3 is 0 Å². The molecule has 1 fully saturated rings. The van der Waals surface area contributed by atoms with Crippen molar-refractivity contribution in [3.05, 3.63) is 5.51 Å². The van der Waals surface area contributed by atoms with Crippen LogP contribution in [0.2, 0.25) is 0 Å². The summed E-state index contributed by atoms with van der Waals surface area (Å²) in [7, 11) is 0. The first-order chi connectivity index (χ1) is 8.14. The molecule has 1 aromatic rings. The van der Waals surface area contributed by atoms with Crippen LogP contribution in [0.25, 0.3) is 0 Å². The van der Waals surface area contributed by atoms with Gasteiger partial charge in [-0.25, -0.2) is 0 Å². The number of hydrogen-bond donors (Lipinski definition) is 1. The zero-order valence-electron chi connectivity index (χ0n) is 9.34. The summed E-state index contributed by atoms with van der Waals surface area (Å²) in [5, 5.41) is 19.4. The number of nitrogens with one attached hydrogen (secondary N) is 1. The van der Waals surface area contributed by atoms with Gasteiger partial charge in [-0.05, 0) is 25.7 Å². The normalized spacial score (nSPS) is 18.1. The third-order valence-corrected chi connectivity index (χ3v) is 4.55. The first-order valence-corrected chi connectivity index (χ1v) is 7.12. The topological polar surface area (TPSA) is 78.7 Å². The quantitative estimate of drug-likeness (QED) is 0.817. The number of aromatic nitrogens is 2. The number of carbonyl (C=O) groups excluding carboxylic acids is 1. The van der Waals surface area contributed by atoms with Gasteiger partial charge in [-0.15, -0.1) is 10.2 Å². The average molecular weight is 268 g/mol. The highest BCUT2D eigenvalue weighted by Gasteiger charge is 2.42. The number of carbonyl (C=O) groups is 1. The Morgan fingerprint density at radius 3 is 3.12 bits per heavy atom. The second-order valence-corrected chi connectivity index (χ2v) is 6.19. The molecule has 7 heteroatoms. The van der Waals surface area contributed by atoms with E-state index in [4.69, 9.17) is 5.26 Å². The zero-order valence-corrected chi connectivity index (χ0v) is 11.0. The van der Waals surface area contributed by atoms with E-state index < -0.39 is 5.54 Å². The minimum atomic E-state index is -0.710. The van der Waals surface area contributed by atoms with Crippen molar-refractivity contribution in [2.75, 3.05) is 5.75 Å². The highest BCUT2D eigenvalue weighted by Crippen LogP contribution is 2.39. The molecule has 1 aliphatic rings. The predicted octanol–water partition coefficient (Wildman–Crippen LogP) is 1.44. The number of amides is 1. The number of nitriles is 1. The van der Waals surface area contributed by atoms with Crippen molar-refractivity contribution in [3.8, 4) is 6.07 Å². The van der Waals surface area contributed by atoms with Crippen LogP contribution in [0.4, 0.5) is 0 Å². The molecule has 90 valence electrons. The lowest BCUT2D eigenvalue weighted by Crippen LogP contribution is -2.47. The van der Waals surface area contributed by atoms with Crippen LogP contribution >= 0.6 is 23.1 Å². The predicted molar refractivity (Wildman–Crippen MR) is 65.5 cm³/mol. The molecular weight excluding hydrogens is 256 g/mol. The summed E-state index contributed by atoms with van der Waals surface area (Å²) in [6.45, 7) is 1.79.